The third kappa shape index (κ3) is 4.12. The summed E-state index contributed by atoms with van der Waals surface area (Å²) in [5.41, 5.74) is 3.43. The van der Waals surface area contributed by atoms with Crippen molar-refractivity contribution in [3.8, 4) is 56.4 Å². The van der Waals surface area contributed by atoms with E-state index in [2.05, 4.69) is 10.2 Å². The van der Waals surface area contributed by atoms with Crippen molar-refractivity contribution in [2.75, 3.05) is 0 Å². The zero-order valence-corrected chi connectivity index (χ0v) is 19.1. The van der Waals surface area contributed by atoms with Crippen molar-refractivity contribution in [1.29, 1.82) is 0 Å². The van der Waals surface area contributed by atoms with Crippen LogP contribution in [0.15, 0.2) is 119 Å². The molecule has 0 heterocycles. The molecule has 176 valence electrons. The van der Waals surface area contributed by atoms with Crippen LogP contribution in [0.1, 0.15) is 0 Å². The van der Waals surface area contributed by atoms with Crippen molar-refractivity contribution >= 4 is 11.4 Å². The van der Waals surface area contributed by atoms with Gasteiger partial charge in [0.05, 0.1) is 0 Å². The van der Waals surface area contributed by atoms with Gasteiger partial charge in [-0.15, -0.1) is 10.2 Å². The van der Waals surface area contributed by atoms with E-state index in [1.54, 1.807) is 0 Å². The number of aromatic hydroxyl groups is 4. The van der Waals surface area contributed by atoms with Crippen molar-refractivity contribution in [3.05, 3.63) is 109 Å². The average molecular weight is 475 g/mol. The van der Waals surface area contributed by atoms with Gasteiger partial charge in [-0.25, -0.2) is 0 Å². The molecule has 6 heteroatoms. The molecule has 5 rings (SSSR count). The van der Waals surface area contributed by atoms with Crippen LogP contribution >= 0.6 is 0 Å². The summed E-state index contributed by atoms with van der Waals surface area (Å²) in [6.07, 6.45) is 0. The minimum Gasteiger partial charge on any atom is -0.505 e. The molecule has 0 radical (unpaired) electrons. The Morgan fingerprint density at radius 3 is 1.14 bits per heavy atom. The largest absolute Gasteiger partial charge is 0.505 e. The second-order valence-corrected chi connectivity index (χ2v) is 8.11. The van der Waals surface area contributed by atoms with Crippen LogP contribution in [0.25, 0.3) is 33.4 Å². The molecule has 0 amide bonds. The first-order valence-corrected chi connectivity index (χ1v) is 11.3. The molecule has 4 N–H and O–H groups in total. The topological polar surface area (TPSA) is 106 Å². The molecular formula is C30H22N2O4. The fraction of sp³-hybridized carbons (Fsp3) is 0. The Bertz CT molecular complexity index is 1460. The summed E-state index contributed by atoms with van der Waals surface area (Å²) in [6.45, 7) is 0. The maximum Gasteiger partial charge on any atom is 0.170 e. The van der Waals surface area contributed by atoms with Gasteiger partial charge in [0.2, 0.25) is 0 Å². The molecular weight excluding hydrogens is 452 g/mol. The lowest BCUT2D eigenvalue weighted by Gasteiger charge is -2.21. The van der Waals surface area contributed by atoms with Gasteiger partial charge in [-0.2, -0.15) is 0 Å². The fourth-order valence-corrected chi connectivity index (χ4v) is 4.19. The molecule has 5 aromatic carbocycles. The number of benzene rings is 5. The number of phenolic OH excluding ortho intramolecular Hbond substituents is 4. The summed E-state index contributed by atoms with van der Waals surface area (Å²) in [7, 11) is 0. The average Bonchev–Trinajstić information content (AvgIpc) is 2.91. The van der Waals surface area contributed by atoms with Gasteiger partial charge in [0, 0.05) is 16.7 Å². The van der Waals surface area contributed by atoms with Crippen molar-refractivity contribution < 1.29 is 20.4 Å². The van der Waals surface area contributed by atoms with E-state index in [4.69, 9.17) is 0 Å². The molecule has 0 aliphatic rings. The van der Waals surface area contributed by atoms with Crippen molar-refractivity contribution in [3.63, 3.8) is 0 Å². The van der Waals surface area contributed by atoms with Gasteiger partial charge < -0.3 is 20.4 Å². The maximum absolute atomic E-state index is 11.5. The molecule has 6 nitrogen and oxygen atoms in total. The number of rotatable bonds is 5. The quantitative estimate of drug-likeness (QED) is 0.194. The van der Waals surface area contributed by atoms with Crippen molar-refractivity contribution in [2.24, 2.45) is 10.2 Å². The smallest absolute Gasteiger partial charge is 0.170 e. The lowest BCUT2D eigenvalue weighted by Crippen LogP contribution is -1.93. The van der Waals surface area contributed by atoms with Gasteiger partial charge in [0.1, 0.15) is 11.5 Å². The van der Waals surface area contributed by atoms with Gasteiger partial charge in [-0.3, -0.25) is 0 Å². The zero-order chi connectivity index (χ0) is 25.1. The first kappa shape index (κ1) is 22.7. The van der Waals surface area contributed by atoms with Crippen LogP contribution < -0.4 is 0 Å². The normalized spacial score (nSPS) is 11.1. The Balaban J connectivity index is 1.88. The molecule has 0 atom stereocenters. The van der Waals surface area contributed by atoms with E-state index in [1.165, 1.54) is 18.2 Å². The van der Waals surface area contributed by atoms with E-state index < -0.39 is 0 Å². The molecule has 0 saturated heterocycles. The van der Waals surface area contributed by atoms with E-state index in [-0.39, 0.29) is 34.4 Å². The van der Waals surface area contributed by atoms with E-state index in [0.29, 0.717) is 27.8 Å². The highest BCUT2D eigenvalue weighted by atomic mass is 16.3. The summed E-state index contributed by atoms with van der Waals surface area (Å²) in [5, 5.41) is 51.4. The summed E-state index contributed by atoms with van der Waals surface area (Å²) in [5.74, 6) is -1.14. The number of hydrogen-bond acceptors (Lipinski definition) is 6. The van der Waals surface area contributed by atoms with Crippen LogP contribution in [0, 0.1) is 0 Å². The van der Waals surface area contributed by atoms with E-state index in [9.17, 15) is 20.4 Å². The molecule has 0 aliphatic heterocycles. The Morgan fingerprint density at radius 1 is 0.361 bits per heavy atom. The number of azo groups is 1. The van der Waals surface area contributed by atoms with Gasteiger partial charge in [0.15, 0.2) is 22.9 Å². The molecule has 0 fully saturated rings. The SMILES string of the molecule is Oc1cccc(O)c1N=Nc1c(O)c(-c2ccccc2)c(-c2ccccc2)c(-c2ccccc2)c1O. The maximum atomic E-state index is 11.5. The Morgan fingerprint density at radius 2 is 0.722 bits per heavy atom. The van der Waals surface area contributed by atoms with Crippen LogP contribution in [0.5, 0.6) is 23.0 Å². The van der Waals surface area contributed by atoms with Crippen LogP contribution in [0.3, 0.4) is 0 Å². The summed E-state index contributed by atoms with van der Waals surface area (Å²) in [6, 6.07) is 32.3. The van der Waals surface area contributed by atoms with E-state index in [0.717, 1.165) is 5.56 Å². The third-order valence-corrected chi connectivity index (χ3v) is 5.85. The first-order chi connectivity index (χ1) is 17.6. The van der Waals surface area contributed by atoms with E-state index in [1.807, 2.05) is 91.0 Å². The Hall–Kier alpha value is -5.10. The predicted octanol–water partition coefficient (Wildman–Crippen LogP) is 7.93. The van der Waals surface area contributed by atoms with Gasteiger partial charge in [-0.05, 0) is 28.8 Å². The van der Waals surface area contributed by atoms with Crippen molar-refractivity contribution in [2.45, 2.75) is 0 Å². The number of phenols is 4. The molecule has 0 unspecified atom stereocenters. The van der Waals surface area contributed by atoms with Gasteiger partial charge in [0.25, 0.3) is 0 Å². The van der Waals surface area contributed by atoms with E-state index >= 15 is 0 Å². The highest BCUT2D eigenvalue weighted by Gasteiger charge is 2.27. The molecule has 0 bridgehead atoms. The highest BCUT2D eigenvalue weighted by molar-refractivity contribution is 6.03. The number of hydrogen-bond donors (Lipinski definition) is 4. The number of nitrogens with zero attached hydrogens (tertiary/aromatic N) is 2. The summed E-state index contributed by atoms with van der Waals surface area (Å²) >= 11 is 0. The van der Waals surface area contributed by atoms with Crippen LogP contribution in [-0.2, 0) is 0 Å². The monoisotopic (exact) mass is 474 g/mol. The van der Waals surface area contributed by atoms with Gasteiger partial charge in [-0.1, -0.05) is 97.1 Å². The second kappa shape index (κ2) is 9.64. The molecule has 5 aromatic rings. The lowest BCUT2D eigenvalue weighted by atomic mass is 9.85. The molecule has 0 saturated carbocycles. The first-order valence-electron chi connectivity index (χ1n) is 11.3. The molecule has 0 spiro atoms. The minimum atomic E-state index is -0.287. The standard InChI is InChI=1S/C30H22N2O4/c33-22-17-10-18-23(34)27(22)31-32-28-29(35)25(20-13-6-2-7-14-20)24(19-11-4-1-5-12-19)26(30(28)36)21-15-8-3-9-16-21/h1-18,33-36H. The molecule has 36 heavy (non-hydrogen) atoms. The lowest BCUT2D eigenvalue weighted by molar-refractivity contribution is 0.449. The molecule has 0 aliphatic carbocycles. The highest BCUT2D eigenvalue weighted by Crippen LogP contribution is 2.56. The minimum absolute atomic E-state index is 0.175. The Kier molecular flexibility index (Phi) is 6.07. The Labute approximate surface area is 207 Å². The van der Waals surface area contributed by atoms with Crippen LogP contribution in [0.2, 0.25) is 0 Å². The molecule has 0 aromatic heterocycles. The van der Waals surface area contributed by atoms with Gasteiger partial charge >= 0.3 is 0 Å². The fourth-order valence-electron chi connectivity index (χ4n) is 4.19. The van der Waals surface area contributed by atoms with Crippen molar-refractivity contribution in [1.82, 2.24) is 0 Å². The summed E-state index contributed by atoms with van der Waals surface area (Å²) in [4.78, 5) is 0. The second-order valence-electron chi connectivity index (χ2n) is 8.11. The predicted molar refractivity (Wildman–Crippen MR) is 140 cm³/mol. The third-order valence-electron chi connectivity index (χ3n) is 5.85. The summed E-state index contributed by atoms with van der Waals surface area (Å²) < 4.78 is 0. The zero-order valence-electron chi connectivity index (χ0n) is 19.1. The van der Waals surface area contributed by atoms with Crippen LogP contribution in [-0.4, -0.2) is 20.4 Å². The van der Waals surface area contributed by atoms with Crippen LogP contribution in [0.4, 0.5) is 11.4 Å².